The Bertz CT molecular complexity index is 5100. The van der Waals surface area contributed by atoms with Gasteiger partial charge in [0.25, 0.3) is 0 Å². The monoisotopic (exact) mass is 1290 g/mol. The van der Waals surface area contributed by atoms with Crippen molar-refractivity contribution in [2.45, 2.75) is 63.2 Å². The maximum Gasteiger partial charge on any atom is 0.179 e. The van der Waals surface area contributed by atoms with Crippen LogP contribution in [0.15, 0.2) is 364 Å². The summed E-state index contributed by atoms with van der Waals surface area (Å²) in [5, 5.41) is 7.56. The average molecular weight is 1290 g/mol. The first-order valence-corrected chi connectivity index (χ1v) is 36.8. The van der Waals surface area contributed by atoms with Gasteiger partial charge in [-0.2, -0.15) is 0 Å². The Morgan fingerprint density at radius 3 is 1.13 bits per heavy atom. The van der Waals surface area contributed by atoms with Crippen LogP contribution in [-0.4, -0.2) is 24.3 Å². The molecule has 0 saturated carbocycles. The highest BCUT2D eigenvalue weighted by Crippen LogP contribution is 2.50. The highest BCUT2D eigenvalue weighted by atomic mass is 28.3. The van der Waals surface area contributed by atoms with Gasteiger partial charge < -0.3 is 9.80 Å². The molecule has 0 N–H and O–H groups in total. The molecule has 5 heteroatoms. The van der Waals surface area contributed by atoms with Crippen molar-refractivity contribution in [3.05, 3.63) is 420 Å². The highest BCUT2D eigenvalue weighted by molar-refractivity contribution is 7.20. The number of nitrogens with zero attached hydrogens (tertiary/aromatic N) is 4. The Labute approximate surface area is 584 Å². The molecule has 0 unspecified atom stereocenters. The molecule has 99 heavy (non-hydrogen) atoms. The normalized spacial score (nSPS) is 12.9. The first-order chi connectivity index (χ1) is 48.4. The molecule has 2 aromatic heterocycles. The van der Waals surface area contributed by atoms with E-state index < -0.39 is 24.3 Å². The van der Waals surface area contributed by atoms with E-state index in [9.17, 15) is 0 Å². The van der Waals surface area contributed by atoms with Crippen molar-refractivity contribution < 1.29 is 0 Å². The van der Waals surface area contributed by atoms with Gasteiger partial charge in [-0.25, -0.2) is 4.98 Å². The lowest BCUT2D eigenvalue weighted by molar-refractivity contribution is 0.588. The maximum absolute atomic E-state index is 5.28. The fourth-order valence-corrected chi connectivity index (χ4v) is 21.0. The van der Waals surface area contributed by atoms with Crippen molar-refractivity contribution in [2.75, 3.05) is 16.5 Å². The van der Waals surface area contributed by atoms with E-state index in [4.69, 9.17) is 4.98 Å². The van der Waals surface area contributed by atoms with Crippen molar-refractivity contribution in [1.29, 1.82) is 0 Å². The first-order valence-electron chi connectivity index (χ1n) is 34.8. The van der Waals surface area contributed by atoms with Gasteiger partial charge in [0.2, 0.25) is 0 Å². The van der Waals surface area contributed by atoms with E-state index in [0.717, 1.165) is 39.6 Å². The lowest BCUT2D eigenvalue weighted by Gasteiger charge is -2.37. The SMILES string of the molecule is CC(C)(C)c1ccnc(-n2c3ccc(C(C)(c4ccccc4)c4ccccc4)cc3c3ccc([Si](c4ccccc4)(c4ccccc4)c4cccc(N5CN(c6cc(C(C)(c7ccccc7)c7ccccc7)cc(C(C)(c7ccccc7)c7ccccc7)c6)c6ccccc65)c4)cc32)c1. The molecule has 3 heterocycles. The van der Waals surface area contributed by atoms with Crippen LogP contribution in [0, 0.1) is 0 Å². The smallest absolute Gasteiger partial charge is 0.179 e. The molecular formula is C94H80N4Si. The number of hydrogen-bond donors (Lipinski definition) is 0. The molecule has 0 radical (unpaired) electrons. The lowest BCUT2D eigenvalue weighted by atomic mass is 9.67. The Hall–Kier alpha value is -11.4. The second kappa shape index (κ2) is 25.2. The fourth-order valence-electron chi connectivity index (χ4n) is 16.2. The van der Waals surface area contributed by atoms with E-state index >= 15 is 0 Å². The molecule has 0 aliphatic carbocycles. The summed E-state index contributed by atoms with van der Waals surface area (Å²) < 4.78 is 2.45. The molecule has 0 spiro atoms. The van der Waals surface area contributed by atoms with Gasteiger partial charge in [-0.1, -0.05) is 312 Å². The zero-order valence-electron chi connectivity index (χ0n) is 57.1. The molecule has 480 valence electrons. The van der Waals surface area contributed by atoms with Crippen LogP contribution >= 0.6 is 0 Å². The number of para-hydroxylation sites is 2. The third-order valence-electron chi connectivity index (χ3n) is 21.9. The molecule has 0 fully saturated rings. The van der Waals surface area contributed by atoms with Crippen LogP contribution in [-0.2, 0) is 21.7 Å². The van der Waals surface area contributed by atoms with Crippen LogP contribution in [0.25, 0.3) is 27.6 Å². The molecule has 13 aromatic carbocycles. The van der Waals surface area contributed by atoms with Crippen LogP contribution in [0.4, 0.5) is 22.7 Å². The van der Waals surface area contributed by atoms with Gasteiger partial charge in [0.15, 0.2) is 8.07 Å². The molecule has 0 atom stereocenters. The number of aromatic nitrogens is 2. The molecule has 16 rings (SSSR count). The van der Waals surface area contributed by atoms with Crippen LogP contribution in [0.2, 0.25) is 0 Å². The predicted molar refractivity (Wildman–Crippen MR) is 418 cm³/mol. The predicted octanol–water partition coefficient (Wildman–Crippen LogP) is 20.2. The van der Waals surface area contributed by atoms with E-state index in [1.807, 2.05) is 6.20 Å². The topological polar surface area (TPSA) is 24.3 Å². The van der Waals surface area contributed by atoms with Crippen LogP contribution < -0.4 is 30.5 Å². The summed E-state index contributed by atoms with van der Waals surface area (Å²) in [5.74, 6) is 0.902. The Morgan fingerprint density at radius 2 is 0.677 bits per heavy atom. The summed E-state index contributed by atoms with van der Waals surface area (Å²) in [5.41, 5.74) is 17.5. The van der Waals surface area contributed by atoms with Gasteiger partial charge in [0.05, 0.1) is 22.4 Å². The zero-order chi connectivity index (χ0) is 67.4. The van der Waals surface area contributed by atoms with Gasteiger partial charge in [0, 0.05) is 44.6 Å². The third kappa shape index (κ3) is 10.6. The van der Waals surface area contributed by atoms with E-state index in [1.165, 1.54) is 87.2 Å². The third-order valence-corrected chi connectivity index (χ3v) is 26.6. The summed E-state index contributed by atoms with van der Waals surface area (Å²) >= 11 is 0. The second-order valence-electron chi connectivity index (χ2n) is 28.3. The van der Waals surface area contributed by atoms with Crippen LogP contribution in [0.1, 0.15) is 97.2 Å². The summed E-state index contributed by atoms with van der Waals surface area (Å²) in [7, 11) is -3.27. The number of hydrogen-bond acceptors (Lipinski definition) is 3. The maximum atomic E-state index is 5.28. The average Bonchev–Trinajstić information content (AvgIpc) is 1.67. The minimum absolute atomic E-state index is 0.103. The van der Waals surface area contributed by atoms with Gasteiger partial charge in [0.1, 0.15) is 12.5 Å². The number of benzene rings is 13. The fraction of sp³-hybridized carbons (Fsp3) is 0.117. The lowest BCUT2D eigenvalue weighted by Crippen LogP contribution is -2.74. The van der Waals surface area contributed by atoms with Crippen molar-refractivity contribution in [3.8, 4) is 5.82 Å². The number of fused-ring (bicyclic) bond motifs is 4. The van der Waals surface area contributed by atoms with Gasteiger partial charge in [-0.15, -0.1) is 0 Å². The van der Waals surface area contributed by atoms with E-state index in [1.54, 1.807) is 0 Å². The zero-order valence-corrected chi connectivity index (χ0v) is 58.1. The largest absolute Gasteiger partial charge is 0.321 e. The van der Waals surface area contributed by atoms with Gasteiger partial charge in [-0.3, -0.25) is 4.57 Å². The van der Waals surface area contributed by atoms with Gasteiger partial charge in [-0.05, 0) is 169 Å². The minimum Gasteiger partial charge on any atom is -0.321 e. The number of anilines is 4. The standard InChI is InChI=1S/C94H80N4Si/c1-91(2,3)74-58-59-95-90(64-74)98-86-57-54-75(92(4,68-34-15-7-16-35-68)69-36-17-8-18-37-69)63-85(86)84-56-55-83(66-89(84)98)99(80-47-27-13-28-48-80,81-49-29-14-30-50-81)82-51-33-46-78(65-82)96-67-97(88-53-32-31-52-87(88)96)79-61-76(93(5,70-38-19-9-20-39-70)71-40-21-10-22-41-71)60-77(62-79)94(6,72-42-23-11-24-43-72)73-44-25-12-26-45-73/h7-66H,67H2,1-6H3. The van der Waals surface area contributed by atoms with Crippen LogP contribution in [0.5, 0.6) is 0 Å². The van der Waals surface area contributed by atoms with E-state index in [2.05, 4.69) is 414 Å². The molecule has 4 nitrogen and oxygen atoms in total. The van der Waals surface area contributed by atoms with Crippen LogP contribution in [0.3, 0.4) is 0 Å². The van der Waals surface area contributed by atoms with Gasteiger partial charge >= 0.3 is 0 Å². The van der Waals surface area contributed by atoms with Crippen molar-refractivity contribution in [2.24, 2.45) is 0 Å². The Kier molecular flexibility index (Phi) is 15.9. The van der Waals surface area contributed by atoms with Crippen molar-refractivity contribution in [1.82, 2.24) is 9.55 Å². The summed E-state index contributed by atoms with van der Waals surface area (Å²) in [6.07, 6.45) is 2.00. The van der Waals surface area contributed by atoms with Crippen molar-refractivity contribution >= 4 is 73.4 Å². The summed E-state index contributed by atoms with van der Waals surface area (Å²) in [6, 6.07) is 134. The summed E-state index contributed by atoms with van der Waals surface area (Å²) in [4.78, 5) is 10.4. The molecule has 0 amide bonds. The number of pyridine rings is 1. The molecule has 0 bridgehead atoms. The first kappa shape index (κ1) is 62.4. The minimum atomic E-state index is -3.27. The highest BCUT2D eigenvalue weighted by Gasteiger charge is 2.44. The Balaban J connectivity index is 0.899. The molecule has 15 aromatic rings. The van der Waals surface area contributed by atoms with E-state index in [0.29, 0.717) is 6.67 Å². The van der Waals surface area contributed by atoms with Crippen molar-refractivity contribution in [3.63, 3.8) is 0 Å². The quantitative estimate of drug-likeness (QED) is 0.0712. The molecule has 1 aliphatic rings. The number of rotatable bonds is 16. The summed E-state index contributed by atoms with van der Waals surface area (Å²) in [6.45, 7) is 14.7. The molecule has 1 aliphatic heterocycles. The molecular weight excluding hydrogens is 1210 g/mol. The Morgan fingerprint density at radius 1 is 0.273 bits per heavy atom. The van der Waals surface area contributed by atoms with E-state index in [-0.39, 0.29) is 5.41 Å². The second-order valence-corrected chi connectivity index (χ2v) is 32.1. The molecule has 0 saturated heterocycles.